The Labute approximate surface area is 83.6 Å². The Morgan fingerprint density at radius 2 is 1.27 bits per heavy atom. The molecule has 0 radical (unpaired) electrons. The van der Waals surface area contributed by atoms with Gasteiger partial charge in [0, 0.05) is 0 Å². The molecule has 90 valence electrons. The van der Waals surface area contributed by atoms with E-state index in [4.69, 9.17) is 0 Å². The molecule has 0 N–H and O–H groups in total. The third-order valence-corrected chi connectivity index (χ3v) is 3.85. The van der Waals surface area contributed by atoms with Gasteiger partial charge in [0.1, 0.15) is 0 Å². The highest BCUT2D eigenvalue weighted by Gasteiger charge is 2.79. The second-order valence-corrected chi connectivity index (χ2v) is 4.27. The summed E-state index contributed by atoms with van der Waals surface area (Å²) in [6, 6.07) is 0. The van der Waals surface area contributed by atoms with Crippen molar-refractivity contribution in [3.8, 4) is 0 Å². The van der Waals surface area contributed by atoms with Gasteiger partial charge in [0.15, 0.2) is 0 Å². The summed E-state index contributed by atoms with van der Waals surface area (Å²) < 4.78 is 75.1. The van der Waals surface area contributed by atoms with Crippen molar-refractivity contribution >= 4 is 0 Å². The van der Waals surface area contributed by atoms with Gasteiger partial charge in [-0.1, -0.05) is 20.8 Å². The van der Waals surface area contributed by atoms with Crippen molar-refractivity contribution in [3.05, 3.63) is 0 Å². The van der Waals surface area contributed by atoms with E-state index >= 15 is 0 Å². The topological polar surface area (TPSA) is 0 Å². The summed E-state index contributed by atoms with van der Waals surface area (Å²) in [6.07, 6.45) is -9.59. The molecule has 0 spiro atoms. The van der Waals surface area contributed by atoms with Gasteiger partial charge < -0.3 is 0 Å². The van der Waals surface area contributed by atoms with Gasteiger partial charge in [-0.05, 0) is 11.8 Å². The molecule has 0 aromatic heterocycles. The van der Waals surface area contributed by atoms with Crippen LogP contribution in [0.1, 0.15) is 20.8 Å². The zero-order chi connectivity index (χ0) is 12.2. The second-order valence-electron chi connectivity index (χ2n) is 4.27. The highest BCUT2D eigenvalue weighted by molar-refractivity contribution is 5.14. The Kier molecular flexibility index (Phi) is 2.57. The van der Waals surface area contributed by atoms with Crippen molar-refractivity contribution in [2.75, 3.05) is 0 Å². The van der Waals surface area contributed by atoms with Crippen LogP contribution in [0, 0.1) is 23.2 Å². The van der Waals surface area contributed by atoms with Crippen molar-refractivity contribution < 1.29 is 26.3 Å². The second kappa shape index (κ2) is 3.04. The monoisotopic (exact) mass is 234 g/mol. The van der Waals surface area contributed by atoms with Crippen LogP contribution in [-0.2, 0) is 0 Å². The first-order valence-electron chi connectivity index (χ1n) is 4.60. The molecular formula is C9H12F6. The Bertz CT molecular complexity index is 242. The summed E-state index contributed by atoms with van der Waals surface area (Å²) in [5.74, 6) is -4.27. The molecule has 0 saturated heterocycles. The van der Waals surface area contributed by atoms with Crippen LogP contribution in [0.4, 0.5) is 26.3 Å². The number of halogens is 6. The number of rotatable bonds is 1. The standard InChI is InChI=1S/C9H12F6/c1-4-5(2)7(4,9(13,14)15)6(3)8(10,11)12/h4-6H,1-3H3. The maximum Gasteiger partial charge on any atom is 0.395 e. The van der Waals surface area contributed by atoms with Gasteiger partial charge in [-0.3, -0.25) is 0 Å². The minimum Gasteiger partial charge on any atom is -0.171 e. The molecule has 0 amide bonds. The molecule has 1 saturated carbocycles. The van der Waals surface area contributed by atoms with E-state index in [1.807, 2.05) is 0 Å². The lowest BCUT2D eigenvalue weighted by molar-refractivity contribution is -0.268. The largest absolute Gasteiger partial charge is 0.395 e. The van der Waals surface area contributed by atoms with Gasteiger partial charge in [-0.25, -0.2) is 0 Å². The molecule has 0 aromatic rings. The van der Waals surface area contributed by atoms with Crippen LogP contribution in [-0.4, -0.2) is 12.4 Å². The lowest BCUT2D eigenvalue weighted by Crippen LogP contribution is -2.41. The van der Waals surface area contributed by atoms with E-state index in [0.717, 1.165) is 0 Å². The maximum absolute atomic E-state index is 12.7. The molecule has 3 unspecified atom stereocenters. The molecule has 0 heterocycles. The molecule has 1 fully saturated rings. The molecule has 15 heavy (non-hydrogen) atoms. The minimum atomic E-state index is -4.80. The number of alkyl halides is 6. The van der Waals surface area contributed by atoms with Crippen LogP contribution in [0.2, 0.25) is 0 Å². The van der Waals surface area contributed by atoms with Crippen molar-refractivity contribution in [1.29, 1.82) is 0 Å². The van der Waals surface area contributed by atoms with Gasteiger partial charge >= 0.3 is 12.4 Å². The van der Waals surface area contributed by atoms with Gasteiger partial charge in [0.05, 0.1) is 11.3 Å². The summed E-state index contributed by atoms with van der Waals surface area (Å²) in [5, 5.41) is 0. The third kappa shape index (κ3) is 1.52. The van der Waals surface area contributed by atoms with E-state index in [1.54, 1.807) is 0 Å². The fourth-order valence-corrected chi connectivity index (χ4v) is 2.63. The summed E-state index contributed by atoms with van der Waals surface area (Å²) in [7, 11) is 0. The average molecular weight is 234 g/mol. The Hall–Kier alpha value is -0.420. The van der Waals surface area contributed by atoms with Crippen LogP contribution >= 0.6 is 0 Å². The van der Waals surface area contributed by atoms with Crippen LogP contribution in [0.15, 0.2) is 0 Å². The van der Waals surface area contributed by atoms with E-state index in [-0.39, 0.29) is 0 Å². The van der Waals surface area contributed by atoms with Crippen LogP contribution in [0.3, 0.4) is 0 Å². The summed E-state index contributed by atoms with van der Waals surface area (Å²) in [6.45, 7) is 3.06. The molecule has 0 nitrogen and oxygen atoms in total. The molecule has 6 heteroatoms. The molecular weight excluding hydrogens is 222 g/mol. The first-order chi connectivity index (χ1) is 6.47. The molecule has 0 aliphatic heterocycles. The van der Waals surface area contributed by atoms with Gasteiger partial charge in [-0.2, -0.15) is 26.3 Å². The lowest BCUT2D eigenvalue weighted by Gasteiger charge is -2.29. The van der Waals surface area contributed by atoms with Crippen molar-refractivity contribution in [2.45, 2.75) is 33.1 Å². The quantitative estimate of drug-likeness (QED) is 0.601. The van der Waals surface area contributed by atoms with Gasteiger partial charge in [-0.15, -0.1) is 0 Å². The van der Waals surface area contributed by atoms with Crippen LogP contribution < -0.4 is 0 Å². The van der Waals surface area contributed by atoms with Crippen LogP contribution in [0.25, 0.3) is 0 Å². The first kappa shape index (κ1) is 12.6. The van der Waals surface area contributed by atoms with Gasteiger partial charge in [0.25, 0.3) is 0 Å². The molecule has 3 atom stereocenters. The fraction of sp³-hybridized carbons (Fsp3) is 1.00. The fourth-order valence-electron chi connectivity index (χ4n) is 2.63. The smallest absolute Gasteiger partial charge is 0.171 e. The van der Waals surface area contributed by atoms with E-state index in [9.17, 15) is 26.3 Å². The Morgan fingerprint density at radius 3 is 1.33 bits per heavy atom. The zero-order valence-electron chi connectivity index (χ0n) is 8.50. The van der Waals surface area contributed by atoms with Crippen molar-refractivity contribution in [2.24, 2.45) is 23.2 Å². The van der Waals surface area contributed by atoms with Crippen LogP contribution in [0.5, 0.6) is 0 Å². The Morgan fingerprint density at radius 1 is 0.933 bits per heavy atom. The Balaban J connectivity index is 3.08. The van der Waals surface area contributed by atoms with E-state index in [0.29, 0.717) is 6.92 Å². The zero-order valence-corrected chi connectivity index (χ0v) is 8.50. The van der Waals surface area contributed by atoms with E-state index in [2.05, 4.69) is 0 Å². The van der Waals surface area contributed by atoms with E-state index < -0.39 is 35.5 Å². The predicted octanol–water partition coefficient (Wildman–Crippen LogP) is 4.02. The van der Waals surface area contributed by atoms with Crippen molar-refractivity contribution in [3.63, 3.8) is 0 Å². The maximum atomic E-state index is 12.7. The molecule has 0 bridgehead atoms. The minimum absolute atomic E-state index is 0.619. The summed E-state index contributed by atoms with van der Waals surface area (Å²) in [4.78, 5) is 0. The summed E-state index contributed by atoms with van der Waals surface area (Å²) >= 11 is 0. The molecule has 1 rings (SSSR count). The highest BCUT2D eigenvalue weighted by atomic mass is 19.4. The molecule has 1 aliphatic rings. The molecule has 0 aromatic carbocycles. The van der Waals surface area contributed by atoms with Gasteiger partial charge in [0.2, 0.25) is 0 Å². The summed E-state index contributed by atoms with van der Waals surface area (Å²) in [5.41, 5.74) is -2.58. The number of hydrogen-bond donors (Lipinski definition) is 0. The molecule has 1 aliphatic carbocycles. The normalized spacial score (nSPS) is 39.0. The first-order valence-corrected chi connectivity index (χ1v) is 4.60. The van der Waals surface area contributed by atoms with Crippen molar-refractivity contribution in [1.82, 2.24) is 0 Å². The third-order valence-electron chi connectivity index (χ3n) is 3.85. The lowest BCUT2D eigenvalue weighted by atomic mass is 9.85. The van der Waals surface area contributed by atoms with E-state index in [1.165, 1.54) is 13.8 Å². The predicted molar refractivity (Wildman–Crippen MR) is 42.0 cm³/mol. The average Bonchev–Trinajstić information content (AvgIpc) is 2.52. The highest BCUT2D eigenvalue weighted by Crippen LogP contribution is 2.72. The SMILES string of the molecule is CC1C(C)C1(C(C)C(F)(F)F)C(F)(F)F. The number of hydrogen-bond acceptors (Lipinski definition) is 0.